The van der Waals surface area contributed by atoms with Crippen molar-refractivity contribution >= 4 is 5.97 Å². The van der Waals surface area contributed by atoms with Gasteiger partial charge in [0.15, 0.2) is 5.76 Å². The number of furan rings is 1. The Hall–Kier alpha value is -2.04. The molecule has 4 unspecified atom stereocenters. The molecule has 2 fully saturated rings. The Labute approximate surface area is 224 Å². The highest BCUT2D eigenvalue weighted by Crippen LogP contribution is 2.62. The molecule has 2 aliphatic carbocycles. The third kappa shape index (κ3) is 5.60. The van der Waals surface area contributed by atoms with Crippen LogP contribution in [0.1, 0.15) is 69.3 Å². The molecule has 0 spiro atoms. The van der Waals surface area contributed by atoms with Crippen molar-refractivity contribution in [3.63, 3.8) is 0 Å². The van der Waals surface area contributed by atoms with E-state index in [0.717, 1.165) is 68.3 Å². The van der Waals surface area contributed by atoms with Crippen LogP contribution >= 0.6 is 0 Å². The number of methoxy groups -OCH3 is 1. The lowest BCUT2D eigenvalue weighted by Gasteiger charge is -2.57. The van der Waals surface area contributed by atoms with Gasteiger partial charge in [-0.3, -0.25) is 4.79 Å². The maximum absolute atomic E-state index is 12.9. The number of benzene rings is 1. The highest BCUT2D eigenvalue weighted by Gasteiger charge is 2.57. The molecule has 5 heteroatoms. The second-order valence-corrected chi connectivity index (χ2v) is 12.2. The molecule has 36 heavy (non-hydrogen) atoms. The van der Waals surface area contributed by atoms with E-state index in [-0.39, 0.29) is 29.2 Å². The summed E-state index contributed by atoms with van der Waals surface area (Å²) < 4.78 is 12.2. The summed E-state index contributed by atoms with van der Waals surface area (Å²) >= 11 is 0. The average Bonchev–Trinajstić information content (AvgIpc) is 3.24. The second-order valence-electron chi connectivity index (χ2n) is 12.2. The SMILES string of the molecule is C=C1CCC2C(C)(C(=O)OC)CCCC2(C)C1CCc1ccoc1C[N+](C)(C)Cc1ccccc1.[Cl-]. The summed E-state index contributed by atoms with van der Waals surface area (Å²) in [6.45, 7) is 10.9. The van der Waals surface area contributed by atoms with Gasteiger partial charge in [-0.1, -0.05) is 55.8 Å². The van der Waals surface area contributed by atoms with E-state index in [0.29, 0.717) is 11.8 Å². The molecule has 4 nitrogen and oxygen atoms in total. The molecule has 0 N–H and O–H groups in total. The van der Waals surface area contributed by atoms with E-state index in [1.807, 2.05) is 6.26 Å². The molecule has 198 valence electrons. The van der Waals surface area contributed by atoms with Gasteiger partial charge < -0.3 is 26.0 Å². The smallest absolute Gasteiger partial charge is 0.311 e. The fourth-order valence-corrected chi connectivity index (χ4v) is 7.51. The van der Waals surface area contributed by atoms with Gasteiger partial charge >= 0.3 is 5.97 Å². The number of halogens is 1. The van der Waals surface area contributed by atoms with Crippen molar-refractivity contribution < 1.29 is 30.8 Å². The minimum atomic E-state index is -0.388. The molecule has 4 atom stereocenters. The predicted octanol–water partition coefficient (Wildman–Crippen LogP) is 3.94. The Kier molecular flexibility index (Phi) is 8.83. The number of fused-ring (bicyclic) bond motifs is 1. The molecule has 1 aromatic heterocycles. The van der Waals surface area contributed by atoms with Gasteiger partial charge in [0.05, 0.1) is 32.9 Å². The summed E-state index contributed by atoms with van der Waals surface area (Å²) in [7, 11) is 6.07. The minimum absolute atomic E-state index is 0. The lowest BCUT2D eigenvalue weighted by Crippen LogP contribution is -3.00. The maximum atomic E-state index is 12.9. The van der Waals surface area contributed by atoms with E-state index in [1.54, 1.807) is 0 Å². The molecule has 1 aromatic carbocycles. The summed E-state index contributed by atoms with van der Waals surface area (Å²) in [4.78, 5) is 12.9. The van der Waals surface area contributed by atoms with Crippen LogP contribution in [0.3, 0.4) is 0 Å². The number of ether oxygens (including phenoxy) is 1. The molecule has 0 saturated heterocycles. The van der Waals surface area contributed by atoms with Gasteiger partial charge in [0.25, 0.3) is 0 Å². The van der Waals surface area contributed by atoms with Gasteiger partial charge in [0, 0.05) is 5.56 Å². The zero-order valence-corrected chi connectivity index (χ0v) is 23.6. The van der Waals surface area contributed by atoms with Crippen LogP contribution in [0.25, 0.3) is 0 Å². The lowest BCUT2D eigenvalue weighted by molar-refractivity contribution is -0.917. The maximum Gasteiger partial charge on any atom is 0.311 e. The van der Waals surface area contributed by atoms with E-state index in [1.165, 1.54) is 23.8 Å². The molecule has 2 saturated carbocycles. The number of carbonyl (C=O) groups excluding carboxylic acids is 1. The van der Waals surface area contributed by atoms with Crippen molar-refractivity contribution in [1.29, 1.82) is 0 Å². The largest absolute Gasteiger partial charge is 1.00 e. The molecule has 2 aromatic rings. The van der Waals surface area contributed by atoms with Gasteiger partial charge in [0.1, 0.15) is 13.1 Å². The normalized spacial score (nSPS) is 28.2. The van der Waals surface area contributed by atoms with Gasteiger partial charge in [-0.2, -0.15) is 0 Å². The van der Waals surface area contributed by atoms with Crippen LogP contribution in [0.5, 0.6) is 0 Å². The zero-order chi connectivity index (χ0) is 25.3. The van der Waals surface area contributed by atoms with Gasteiger partial charge in [-0.25, -0.2) is 0 Å². The topological polar surface area (TPSA) is 39.4 Å². The molecular formula is C31H44ClNO3. The van der Waals surface area contributed by atoms with Gasteiger partial charge in [-0.15, -0.1) is 0 Å². The minimum Gasteiger partial charge on any atom is -1.00 e. The third-order valence-electron chi connectivity index (χ3n) is 9.24. The average molecular weight is 514 g/mol. The number of esters is 1. The van der Waals surface area contributed by atoms with E-state index >= 15 is 0 Å². The monoisotopic (exact) mass is 513 g/mol. The number of nitrogens with zero attached hydrogens (tertiary/aromatic N) is 1. The molecule has 1 heterocycles. The zero-order valence-electron chi connectivity index (χ0n) is 22.8. The van der Waals surface area contributed by atoms with E-state index in [9.17, 15) is 4.79 Å². The van der Waals surface area contributed by atoms with Crippen molar-refractivity contribution in [2.45, 2.75) is 71.9 Å². The molecule has 0 bridgehead atoms. The molecule has 0 amide bonds. The third-order valence-corrected chi connectivity index (χ3v) is 9.24. The summed E-state index contributed by atoms with van der Waals surface area (Å²) in [5.74, 6) is 1.82. The number of allylic oxidation sites excluding steroid dienone is 1. The predicted molar refractivity (Wildman–Crippen MR) is 140 cm³/mol. The summed E-state index contributed by atoms with van der Waals surface area (Å²) in [5.41, 5.74) is 3.72. The van der Waals surface area contributed by atoms with E-state index in [4.69, 9.17) is 9.15 Å². The number of rotatable bonds is 8. The van der Waals surface area contributed by atoms with Crippen LogP contribution < -0.4 is 12.4 Å². The van der Waals surface area contributed by atoms with Gasteiger partial charge in [-0.05, 0) is 74.3 Å². The highest BCUT2D eigenvalue weighted by molar-refractivity contribution is 5.77. The quantitative estimate of drug-likeness (QED) is 0.305. The van der Waals surface area contributed by atoms with Crippen LogP contribution in [0.15, 0.2) is 59.2 Å². The number of hydrogen-bond donors (Lipinski definition) is 0. The van der Waals surface area contributed by atoms with Crippen molar-refractivity contribution in [2.75, 3.05) is 21.2 Å². The Morgan fingerprint density at radius 2 is 1.86 bits per heavy atom. The highest BCUT2D eigenvalue weighted by atomic mass is 35.5. The Bertz CT molecular complexity index is 1050. The van der Waals surface area contributed by atoms with Crippen LogP contribution in [0.4, 0.5) is 0 Å². The van der Waals surface area contributed by atoms with Crippen molar-refractivity contribution in [3.8, 4) is 0 Å². The number of aryl methyl sites for hydroxylation is 1. The van der Waals surface area contributed by atoms with Crippen LogP contribution in [0.2, 0.25) is 0 Å². The Balaban J connectivity index is 0.00000361. The van der Waals surface area contributed by atoms with Crippen LogP contribution in [-0.4, -0.2) is 31.7 Å². The van der Waals surface area contributed by atoms with Gasteiger partial charge in [0.2, 0.25) is 0 Å². The molecule has 0 aliphatic heterocycles. The number of quaternary nitrogens is 1. The first-order valence-corrected chi connectivity index (χ1v) is 13.3. The van der Waals surface area contributed by atoms with Crippen molar-refractivity contribution in [1.82, 2.24) is 0 Å². The number of hydrogen-bond acceptors (Lipinski definition) is 3. The molecule has 0 radical (unpaired) electrons. The second kappa shape index (κ2) is 11.1. The van der Waals surface area contributed by atoms with E-state index in [2.05, 4.69) is 70.9 Å². The molecule has 4 rings (SSSR count). The summed E-state index contributed by atoms with van der Waals surface area (Å²) in [6.07, 6.45) is 9.11. The first-order valence-electron chi connectivity index (χ1n) is 13.3. The Morgan fingerprint density at radius 1 is 1.14 bits per heavy atom. The summed E-state index contributed by atoms with van der Waals surface area (Å²) in [6, 6.07) is 12.8. The van der Waals surface area contributed by atoms with Crippen LogP contribution in [0, 0.1) is 22.7 Å². The molecule has 2 aliphatic rings. The molecular weight excluding hydrogens is 470 g/mol. The van der Waals surface area contributed by atoms with Crippen LogP contribution in [-0.2, 0) is 29.0 Å². The van der Waals surface area contributed by atoms with E-state index < -0.39 is 0 Å². The van der Waals surface area contributed by atoms with Crippen molar-refractivity contribution in [2.24, 2.45) is 22.7 Å². The Morgan fingerprint density at radius 3 is 2.56 bits per heavy atom. The fraction of sp³-hybridized carbons (Fsp3) is 0.581. The number of carbonyl (C=O) groups is 1. The fourth-order valence-electron chi connectivity index (χ4n) is 7.51. The van der Waals surface area contributed by atoms with Crippen molar-refractivity contribution in [3.05, 3.63) is 71.7 Å². The first kappa shape index (κ1) is 28.5. The first-order chi connectivity index (χ1) is 16.6. The lowest BCUT2D eigenvalue weighted by atomic mass is 9.46. The standard InChI is InChI=1S/C31H44NO3.ClH/c1-23-13-16-28-30(2,18-10-19-31(28,3)29(33)34-6)26(23)15-14-25-17-20-35-27(25)22-32(4,5)21-24-11-8-7-9-12-24;/h7-9,11-12,17,20,26,28H,1,10,13-16,18-19,21-22H2,2-6H3;1H/q+1;/p-1. The summed E-state index contributed by atoms with van der Waals surface area (Å²) in [5, 5.41) is 0.